The van der Waals surface area contributed by atoms with Crippen molar-refractivity contribution in [3.8, 4) is 11.3 Å². The average molecular weight is 372 g/mol. The molecule has 1 atom stereocenters. The van der Waals surface area contributed by atoms with Crippen LogP contribution in [0.15, 0.2) is 90.0 Å². The molecule has 0 saturated carbocycles. The Morgan fingerprint density at radius 1 is 0.778 bits per heavy atom. The Bertz CT molecular complexity index is 1090. The fourth-order valence-corrected chi connectivity index (χ4v) is 3.89. The van der Waals surface area contributed by atoms with E-state index < -0.39 is 11.2 Å². The van der Waals surface area contributed by atoms with Crippen molar-refractivity contribution in [1.82, 2.24) is 9.97 Å². The fraction of sp³-hybridized carbons (Fsp3) is 0.0455. The molecule has 4 nitrogen and oxygen atoms in total. The smallest absolute Gasteiger partial charge is 0.321 e. The highest BCUT2D eigenvalue weighted by molar-refractivity contribution is 8.00. The van der Waals surface area contributed by atoms with Gasteiger partial charge < -0.3 is 5.11 Å². The molecule has 132 valence electrons. The SMILES string of the molecule is O=C(O)C(Sc1nc2ccccc2nc1-c1ccccc1)c1ccccc1. The molecule has 1 heterocycles. The highest BCUT2D eigenvalue weighted by Gasteiger charge is 2.24. The standard InChI is InChI=1S/C22H16N2O2S/c25-22(26)20(16-11-5-2-6-12-16)27-21-19(15-9-3-1-4-10-15)23-17-13-7-8-14-18(17)24-21/h1-14,20H,(H,25,26). The molecule has 0 amide bonds. The summed E-state index contributed by atoms with van der Waals surface area (Å²) in [7, 11) is 0. The minimum atomic E-state index is -0.903. The lowest BCUT2D eigenvalue weighted by atomic mass is 10.1. The Hall–Kier alpha value is -3.18. The Kier molecular flexibility index (Phi) is 4.85. The summed E-state index contributed by atoms with van der Waals surface area (Å²) in [6.45, 7) is 0. The number of carboxylic acids is 1. The van der Waals surface area contributed by atoms with Crippen molar-refractivity contribution in [3.05, 3.63) is 90.5 Å². The summed E-state index contributed by atoms with van der Waals surface area (Å²) in [5, 5.41) is 9.64. The van der Waals surface area contributed by atoms with Gasteiger partial charge in [-0.2, -0.15) is 0 Å². The molecule has 5 heteroatoms. The lowest BCUT2D eigenvalue weighted by molar-refractivity contribution is -0.136. The molecular weight excluding hydrogens is 356 g/mol. The van der Waals surface area contributed by atoms with Crippen LogP contribution in [-0.2, 0) is 4.79 Å². The lowest BCUT2D eigenvalue weighted by Crippen LogP contribution is -2.09. The van der Waals surface area contributed by atoms with Crippen molar-refractivity contribution in [2.45, 2.75) is 10.3 Å². The second kappa shape index (κ2) is 7.60. The number of benzene rings is 3. The molecule has 0 saturated heterocycles. The van der Waals surface area contributed by atoms with Gasteiger partial charge in [-0.3, -0.25) is 4.79 Å². The quantitative estimate of drug-likeness (QED) is 0.487. The molecule has 3 aromatic carbocycles. The predicted octanol–water partition coefficient (Wildman–Crippen LogP) is 5.21. The van der Waals surface area contributed by atoms with Gasteiger partial charge in [0.2, 0.25) is 0 Å². The molecule has 0 bridgehead atoms. The van der Waals surface area contributed by atoms with E-state index in [0.29, 0.717) is 10.7 Å². The summed E-state index contributed by atoms with van der Waals surface area (Å²) >= 11 is 1.21. The zero-order chi connectivity index (χ0) is 18.6. The zero-order valence-electron chi connectivity index (χ0n) is 14.3. The first-order valence-corrected chi connectivity index (χ1v) is 9.37. The third kappa shape index (κ3) is 3.68. The molecule has 0 radical (unpaired) electrons. The van der Waals surface area contributed by atoms with Crippen LogP contribution in [0.1, 0.15) is 10.8 Å². The molecule has 1 N–H and O–H groups in total. The van der Waals surface area contributed by atoms with Crippen molar-refractivity contribution in [2.75, 3.05) is 0 Å². The minimum Gasteiger partial charge on any atom is -0.480 e. The summed E-state index contributed by atoms with van der Waals surface area (Å²) < 4.78 is 0. The number of rotatable bonds is 5. The topological polar surface area (TPSA) is 63.1 Å². The number of carboxylic acid groups (broad SMARTS) is 1. The molecule has 0 spiro atoms. The minimum absolute atomic E-state index is 0.608. The number of carbonyl (C=O) groups is 1. The van der Waals surface area contributed by atoms with Crippen LogP contribution in [-0.4, -0.2) is 21.0 Å². The monoisotopic (exact) mass is 372 g/mol. The van der Waals surface area contributed by atoms with Gasteiger partial charge in [-0.05, 0) is 17.7 Å². The largest absolute Gasteiger partial charge is 0.480 e. The maximum atomic E-state index is 11.9. The maximum Gasteiger partial charge on any atom is 0.321 e. The summed E-state index contributed by atoms with van der Waals surface area (Å²) in [5.74, 6) is -0.903. The van der Waals surface area contributed by atoms with Crippen LogP contribution in [0.3, 0.4) is 0 Å². The number of para-hydroxylation sites is 2. The number of aliphatic carboxylic acids is 1. The molecule has 0 fully saturated rings. The summed E-state index contributed by atoms with van der Waals surface area (Å²) in [5.41, 5.74) is 3.87. The highest BCUT2D eigenvalue weighted by atomic mass is 32.2. The summed E-state index contributed by atoms with van der Waals surface area (Å²) in [4.78, 5) is 21.5. The Balaban J connectivity index is 1.85. The van der Waals surface area contributed by atoms with Crippen LogP contribution < -0.4 is 0 Å². The van der Waals surface area contributed by atoms with Gasteiger partial charge >= 0.3 is 5.97 Å². The first-order valence-electron chi connectivity index (χ1n) is 8.49. The first-order chi connectivity index (χ1) is 13.2. The Morgan fingerprint density at radius 2 is 1.33 bits per heavy atom. The first kappa shape index (κ1) is 17.2. The van der Waals surface area contributed by atoms with Crippen molar-refractivity contribution in [1.29, 1.82) is 0 Å². The Morgan fingerprint density at radius 3 is 1.96 bits per heavy atom. The third-order valence-corrected chi connectivity index (χ3v) is 5.36. The molecule has 4 aromatic rings. The van der Waals surface area contributed by atoms with Gasteiger partial charge in [0.15, 0.2) is 0 Å². The number of hydrogen-bond acceptors (Lipinski definition) is 4. The predicted molar refractivity (Wildman–Crippen MR) is 108 cm³/mol. The number of hydrogen-bond donors (Lipinski definition) is 1. The fourth-order valence-electron chi connectivity index (χ4n) is 2.85. The number of fused-ring (bicyclic) bond motifs is 1. The molecule has 0 aliphatic rings. The second-order valence-electron chi connectivity index (χ2n) is 5.98. The van der Waals surface area contributed by atoms with Crippen LogP contribution >= 0.6 is 11.8 Å². The van der Waals surface area contributed by atoms with Crippen molar-refractivity contribution in [3.63, 3.8) is 0 Å². The van der Waals surface area contributed by atoms with Crippen LogP contribution in [0, 0.1) is 0 Å². The van der Waals surface area contributed by atoms with E-state index >= 15 is 0 Å². The van der Waals surface area contributed by atoms with Gasteiger partial charge in [0.1, 0.15) is 16.0 Å². The van der Waals surface area contributed by atoms with E-state index in [-0.39, 0.29) is 0 Å². The lowest BCUT2D eigenvalue weighted by Gasteiger charge is -2.15. The van der Waals surface area contributed by atoms with Gasteiger partial charge in [-0.1, -0.05) is 84.6 Å². The van der Waals surface area contributed by atoms with Gasteiger partial charge in [-0.25, -0.2) is 9.97 Å². The van der Waals surface area contributed by atoms with Gasteiger partial charge in [0.05, 0.1) is 11.0 Å². The van der Waals surface area contributed by atoms with Gasteiger partial charge in [0, 0.05) is 5.56 Å². The van der Waals surface area contributed by atoms with Crippen molar-refractivity contribution in [2.24, 2.45) is 0 Å². The molecule has 27 heavy (non-hydrogen) atoms. The number of aromatic nitrogens is 2. The maximum absolute atomic E-state index is 11.9. The van der Waals surface area contributed by atoms with Gasteiger partial charge in [-0.15, -0.1) is 0 Å². The molecule has 1 aromatic heterocycles. The number of nitrogens with zero attached hydrogens (tertiary/aromatic N) is 2. The average Bonchev–Trinajstić information content (AvgIpc) is 2.72. The van der Waals surface area contributed by atoms with Crippen molar-refractivity contribution >= 4 is 28.8 Å². The van der Waals surface area contributed by atoms with E-state index in [2.05, 4.69) is 0 Å². The number of thioether (sulfide) groups is 1. The molecule has 0 aliphatic carbocycles. The summed E-state index contributed by atoms with van der Waals surface area (Å²) in [6, 6.07) is 26.6. The van der Waals surface area contributed by atoms with Crippen LogP contribution in [0.2, 0.25) is 0 Å². The highest BCUT2D eigenvalue weighted by Crippen LogP contribution is 2.39. The molecule has 1 unspecified atom stereocenters. The Labute approximate surface area is 160 Å². The van der Waals surface area contributed by atoms with E-state index in [0.717, 1.165) is 22.2 Å². The van der Waals surface area contributed by atoms with E-state index in [1.54, 1.807) is 0 Å². The van der Waals surface area contributed by atoms with E-state index in [1.165, 1.54) is 11.8 Å². The van der Waals surface area contributed by atoms with Gasteiger partial charge in [0.25, 0.3) is 0 Å². The zero-order valence-corrected chi connectivity index (χ0v) is 15.1. The van der Waals surface area contributed by atoms with E-state index in [4.69, 9.17) is 9.97 Å². The summed E-state index contributed by atoms with van der Waals surface area (Å²) in [6.07, 6.45) is 0. The van der Waals surface area contributed by atoms with Crippen LogP contribution in [0.25, 0.3) is 22.3 Å². The van der Waals surface area contributed by atoms with E-state index in [9.17, 15) is 9.90 Å². The second-order valence-corrected chi connectivity index (χ2v) is 7.07. The third-order valence-electron chi connectivity index (χ3n) is 4.14. The van der Waals surface area contributed by atoms with Crippen LogP contribution in [0.5, 0.6) is 0 Å². The van der Waals surface area contributed by atoms with Crippen LogP contribution in [0.4, 0.5) is 0 Å². The molecular formula is C22H16N2O2S. The normalized spacial score (nSPS) is 12.0. The van der Waals surface area contributed by atoms with E-state index in [1.807, 2.05) is 84.9 Å². The molecule has 4 rings (SSSR count). The molecule has 0 aliphatic heterocycles. The van der Waals surface area contributed by atoms with Crippen molar-refractivity contribution < 1.29 is 9.90 Å².